The zero-order valence-electron chi connectivity index (χ0n) is 45.5. The van der Waals surface area contributed by atoms with E-state index in [4.69, 9.17) is 97.7 Å². The molecule has 438 valence electrons. The zero-order chi connectivity index (χ0) is 59.7. The van der Waals surface area contributed by atoms with E-state index in [0.29, 0.717) is 99.2 Å². The molecule has 2 saturated carbocycles. The maximum absolute atomic E-state index is 12.5. The summed E-state index contributed by atoms with van der Waals surface area (Å²) in [5, 5.41) is 33.8. The average molecular weight is 1320 g/mol. The van der Waals surface area contributed by atoms with E-state index in [1.165, 1.54) is 6.07 Å². The van der Waals surface area contributed by atoms with Crippen molar-refractivity contribution in [2.45, 2.75) is 85.1 Å². The Bertz CT molecular complexity index is 3900. The van der Waals surface area contributed by atoms with Gasteiger partial charge in [0.05, 0.1) is 78.1 Å². The number of nitrogens with zero attached hydrogens (tertiary/aromatic N) is 4. The molecule has 12 rings (SSSR count). The Morgan fingerprint density at radius 2 is 1.02 bits per heavy atom. The van der Waals surface area contributed by atoms with Crippen molar-refractivity contribution in [3.8, 4) is 34.0 Å². The number of rotatable bonds is 18. The molecule has 4 aliphatic rings. The second-order valence-electron chi connectivity index (χ2n) is 20.8. The van der Waals surface area contributed by atoms with Gasteiger partial charge < -0.3 is 43.1 Å². The maximum Gasteiger partial charge on any atom is 1.00 e. The summed E-state index contributed by atoms with van der Waals surface area (Å²) in [4.78, 5) is 20.6. The smallest absolute Gasteiger partial charge is 0.768 e. The molecule has 16 nitrogen and oxygen atoms in total. The molecule has 4 heterocycles. The number of halogens is 6. The summed E-state index contributed by atoms with van der Waals surface area (Å²) in [7, 11) is -3.34. The number of hydrogen-bond acceptors (Lipinski definition) is 16. The van der Waals surface area contributed by atoms with Gasteiger partial charge in [-0.2, -0.15) is 9.59 Å². The van der Waals surface area contributed by atoms with Gasteiger partial charge in [-0.25, -0.2) is 8.42 Å². The van der Waals surface area contributed by atoms with Gasteiger partial charge in [-0.3, -0.25) is 4.21 Å². The number of aromatic nitrogens is 2. The Hall–Kier alpha value is -4.96. The van der Waals surface area contributed by atoms with Crippen molar-refractivity contribution >= 4 is 108 Å². The van der Waals surface area contributed by atoms with Gasteiger partial charge in [-0.15, -0.1) is 0 Å². The van der Waals surface area contributed by atoms with Crippen LogP contribution in [0.3, 0.4) is 0 Å². The number of anilines is 2. The molecule has 0 spiro atoms. The number of sulfone groups is 1. The van der Waals surface area contributed by atoms with Crippen LogP contribution in [0, 0.1) is 0 Å². The molecule has 8 aromatic rings. The van der Waals surface area contributed by atoms with Crippen LogP contribution in [0.5, 0.6) is 11.5 Å². The van der Waals surface area contributed by atoms with Crippen molar-refractivity contribution in [3.63, 3.8) is 0 Å². The molecule has 2 N–H and O–H groups in total. The Morgan fingerprint density at radius 3 is 1.41 bits per heavy atom. The summed E-state index contributed by atoms with van der Waals surface area (Å²) in [5.74, 6) is 3.28. The topological polar surface area (TPSA) is 226 Å². The van der Waals surface area contributed by atoms with Crippen molar-refractivity contribution < 1.29 is 85.1 Å². The van der Waals surface area contributed by atoms with Crippen LogP contribution in [0.2, 0.25) is 30.1 Å². The predicted molar refractivity (Wildman–Crippen MR) is 319 cm³/mol. The Labute approximate surface area is 544 Å². The van der Waals surface area contributed by atoms with Crippen molar-refractivity contribution in [3.05, 3.63) is 185 Å². The molecule has 0 amide bonds. The van der Waals surface area contributed by atoms with E-state index in [1.54, 1.807) is 109 Å². The molecule has 85 heavy (non-hydrogen) atoms. The molecule has 1 unspecified atom stereocenters. The van der Waals surface area contributed by atoms with Crippen LogP contribution in [0.15, 0.2) is 140 Å². The summed E-state index contributed by atoms with van der Waals surface area (Å²) in [5.41, 5.74) is 4.16. The van der Waals surface area contributed by atoms with Gasteiger partial charge in [0.25, 0.3) is 0 Å². The minimum absolute atomic E-state index is 0. The van der Waals surface area contributed by atoms with E-state index in [0.717, 1.165) is 54.0 Å². The minimum atomic E-state index is -3.34. The Morgan fingerprint density at radius 1 is 0.624 bits per heavy atom. The first kappa shape index (κ1) is 64.5. The van der Waals surface area contributed by atoms with E-state index in [-0.39, 0.29) is 90.6 Å². The average Bonchev–Trinajstić information content (AvgIpc) is 2.04. The number of aliphatic hydroxyl groups is 2. The van der Waals surface area contributed by atoms with E-state index < -0.39 is 32.1 Å². The van der Waals surface area contributed by atoms with Gasteiger partial charge in [0, 0.05) is 50.4 Å². The molecule has 25 heteroatoms. The van der Waals surface area contributed by atoms with Gasteiger partial charge >= 0.3 is 35.7 Å². The molecule has 2 saturated heterocycles. The van der Waals surface area contributed by atoms with Crippen molar-refractivity contribution in [1.29, 1.82) is 0 Å². The summed E-state index contributed by atoms with van der Waals surface area (Å²) >= 11 is 36.8. The maximum atomic E-state index is 12.5. The van der Waals surface area contributed by atoms with E-state index in [9.17, 15) is 27.4 Å². The summed E-state index contributed by atoms with van der Waals surface area (Å²) in [6.07, 6.45) is 4.88. The third kappa shape index (κ3) is 14.3. The first-order valence-corrected chi connectivity index (χ1v) is 31.4. The quantitative estimate of drug-likeness (QED) is 0.0602. The molecule has 6 aromatic carbocycles. The van der Waals surface area contributed by atoms with Crippen LogP contribution < -0.4 is 48.8 Å². The number of ether oxygens (including phenoxy) is 2. The fourth-order valence-corrected chi connectivity index (χ4v) is 13.9. The van der Waals surface area contributed by atoms with Crippen LogP contribution in [0.25, 0.3) is 22.5 Å². The second-order valence-corrected chi connectivity index (χ2v) is 26.3. The van der Waals surface area contributed by atoms with Gasteiger partial charge in [0.15, 0.2) is 9.84 Å². The normalized spacial score (nSPS) is 16.0. The molecule has 2 aromatic heterocycles. The van der Waals surface area contributed by atoms with Gasteiger partial charge in [0.2, 0.25) is 0 Å². The van der Waals surface area contributed by atoms with Crippen LogP contribution in [0.1, 0.15) is 84.6 Å². The Balaban J connectivity index is 0.000000193. The molecule has 4 fully saturated rings. The van der Waals surface area contributed by atoms with Crippen molar-refractivity contribution in [2.24, 2.45) is 0 Å². The van der Waals surface area contributed by atoms with E-state index >= 15 is 0 Å². The van der Waals surface area contributed by atoms with Crippen LogP contribution >= 0.6 is 69.6 Å². The molecular formula is C60H51Cl6N4NaO12S2. The Kier molecular flexibility index (Phi) is 20.6. The van der Waals surface area contributed by atoms with Gasteiger partial charge in [-0.1, -0.05) is 123 Å². The van der Waals surface area contributed by atoms with Crippen LogP contribution in [-0.4, -0.2) is 75.8 Å². The third-order valence-corrected chi connectivity index (χ3v) is 19.2. The SMILES string of the molecule is CCCS(=O)(=O)c1cccc(N2CC(O)(c3ccc(OCc4c(-c5c(Cl)cccc5Cl)noc4C4CC4)cc3Cl)C2)c1.O=C=O.O=S([O-])c1cccc(N2CC(O)(c3ccc(OCc4c(-c5c(Cl)cccc5Cl)noc4C4CC4)cc3Cl)C2)c1.[Na+]. The van der Waals surface area contributed by atoms with Crippen molar-refractivity contribution in [2.75, 3.05) is 41.7 Å². The monoisotopic (exact) mass is 1320 g/mol. The second kappa shape index (κ2) is 27.2. The minimum Gasteiger partial charge on any atom is -0.768 e. The summed E-state index contributed by atoms with van der Waals surface area (Å²) < 4.78 is 71.3. The number of benzene rings is 6. The largest absolute Gasteiger partial charge is 1.00 e. The van der Waals surface area contributed by atoms with Crippen LogP contribution in [0.4, 0.5) is 11.4 Å². The first-order valence-electron chi connectivity index (χ1n) is 26.4. The zero-order valence-corrected chi connectivity index (χ0v) is 53.7. The molecule has 1 atom stereocenters. The fraction of sp³-hybridized carbons (Fsp3) is 0.283. The number of carbonyl (C=O) groups excluding carboxylic acids is 2. The molecule has 0 radical (unpaired) electrons. The number of hydrogen-bond donors (Lipinski definition) is 2. The predicted octanol–water partition coefficient (Wildman–Crippen LogP) is 10.8. The summed E-state index contributed by atoms with van der Waals surface area (Å²) in [6.45, 7) is 3.29. The van der Waals surface area contributed by atoms with Gasteiger partial charge in [-0.05, 0) is 128 Å². The van der Waals surface area contributed by atoms with Gasteiger partial charge in [0.1, 0.15) is 58.8 Å². The standard InChI is InChI=1S/C31H29Cl3N2O5S.C28H23Cl3N2O5S.CO2.Na/c1-2-13-42(38,39)22-6-3-5-20(14-22)36-17-31(37,18-36)24-12-11-21(15-27(24)34)40-16-23-29(35-41-30(23)19-9-10-19)28-25(32)7-4-8-26(28)33;29-22-5-2-6-23(30)25(22)26-20(27(38-32-26)16-7-8-16)13-37-18-9-10-21(24(31)12-18)28(34)14-33(15-28)17-3-1-4-19(11-17)39(35)36;2-1-3;/h3-8,11-12,14-15,19,37H,2,9-10,13,16-18H2,1H3;1-6,9-12,16,34H,7-8,13-15H2,(H,35,36);;/q;;;+1/p-1. The van der Waals surface area contributed by atoms with E-state index in [2.05, 4.69) is 10.3 Å². The molecule has 2 aliphatic carbocycles. The van der Waals surface area contributed by atoms with Crippen LogP contribution in [-0.2, 0) is 54.9 Å². The summed E-state index contributed by atoms with van der Waals surface area (Å²) in [6, 6.07) is 34.4. The number of β-amino-alcohol motifs (C(OH)–C–C–N with tert-alkyl or cyclic N) is 2. The fourth-order valence-electron chi connectivity index (χ4n) is 10.3. The molecule has 2 aliphatic heterocycles. The molecule has 0 bridgehead atoms. The van der Waals surface area contributed by atoms with Crippen molar-refractivity contribution in [1.82, 2.24) is 10.3 Å². The molecular weight excluding hydrogens is 1270 g/mol. The third-order valence-electron chi connectivity index (χ3n) is 14.8. The first-order chi connectivity index (χ1) is 40.2. The van der Waals surface area contributed by atoms with E-state index in [1.807, 2.05) is 22.8 Å².